The van der Waals surface area contributed by atoms with E-state index in [0.29, 0.717) is 5.06 Å². The largest absolute Gasteiger partial charge is 0.394 e. The van der Waals surface area contributed by atoms with Crippen molar-refractivity contribution in [3.05, 3.63) is 0 Å². The van der Waals surface area contributed by atoms with Crippen molar-refractivity contribution in [2.24, 2.45) is 11.8 Å². The number of aliphatic hydroxyl groups is 22. The van der Waals surface area contributed by atoms with Crippen LogP contribution in [0, 0.1) is 11.8 Å². The number of imide groups is 1. The number of amides is 7. The van der Waals surface area contributed by atoms with Crippen molar-refractivity contribution < 1.29 is 222 Å². The molecule has 122 heavy (non-hydrogen) atoms. The Labute approximate surface area is 694 Å². The highest BCUT2D eigenvalue weighted by Crippen LogP contribution is 2.33. The molecule has 0 aromatic heterocycles. The van der Waals surface area contributed by atoms with Gasteiger partial charge >= 0.3 is 5.97 Å². The molecule has 0 unspecified atom stereocenters. The molecule has 7 fully saturated rings. The second kappa shape index (κ2) is 50.5. The van der Waals surface area contributed by atoms with E-state index in [2.05, 4.69) is 26.6 Å². The van der Waals surface area contributed by atoms with Crippen molar-refractivity contribution in [1.29, 1.82) is 0 Å². The average Bonchev–Trinajstić information content (AvgIpc) is 0.825. The SMILES string of the molecule is O=C(CCCCC(=O)ON1C(=O)CCC1=O)C[C@@H](CCC(=O)NCCO[C@H]1O[C@H](CO)[C@@H](O)[C@H](O)[C@@H]1O)C(=O)N[C@@H](CCC(=O)NCCO[C@H]1O[C@H](CO)[C@@H](O)[C@H](O)[C@@H]1O)C(=O)C[C@@H](CCC(=O)NCCO[C@H]1O[C@H](CO)[C@@H](O)[C@H](O)[C@@H]1O)C(=O)NCCO[C@H]1O[C@H](CO[C@H]2O[C@H](CO)[C@@H](O)[C@H](O)[C@@H]2O)[C@@H](O)[C@H](O[C@H]2O[C@H](CO)[C@@H](O)[C@H](O)[C@@H]2O)[C@@H]1O. The molecule has 0 saturated carbocycles. The normalized spacial score (nSPS) is 35.8. The monoisotopic (exact) mass is 1770 g/mol. The molecule has 0 bridgehead atoms. The fourth-order valence-corrected chi connectivity index (χ4v) is 13.8. The molecular formula is C71H116N6O45. The molecule has 51 heteroatoms. The third-order valence-electron chi connectivity index (χ3n) is 21.2. The van der Waals surface area contributed by atoms with Crippen LogP contribution in [0.25, 0.3) is 0 Å². The molecule has 7 amide bonds. The summed E-state index contributed by atoms with van der Waals surface area (Å²) in [5.74, 6) is -12.0. The zero-order chi connectivity index (χ0) is 89.9. The van der Waals surface area contributed by atoms with E-state index in [1.807, 2.05) is 0 Å². The number of nitrogens with zero attached hydrogens (tertiary/aromatic N) is 1. The number of hydrogen-bond donors (Lipinski definition) is 27. The van der Waals surface area contributed by atoms with Crippen LogP contribution in [0.1, 0.15) is 89.9 Å². The number of unbranched alkanes of at least 4 members (excludes halogenated alkanes) is 1. The fourth-order valence-electron chi connectivity index (χ4n) is 13.8. The number of hydroxylamine groups is 2. The Kier molecular flexibility index (Phi) is 42.6. The molecule has 0 aromatic carbocycles. The number of hydrogen-bond acceptors (Lipinski definition) is 45. The van der Waals surface area contributed by atoms with Gasteiger partial charge < -0.3 is 201 Å². The van der Waals surface area contributed by atoms with E-state index in [4.69, 9.17) is 61.7 Å². The quantitative estimate of drug-likeness (QED) is 0.0199. The van der Waals surface area contributed by atoms with E-state index in [1.54, 1.807) is 0 Å². The maximum absolute atomic E-state index is 15.1. The van der Waals surface area contributed by atoms with E-state index in [-0.39, 0.29) is 51.7 Å². The van der Waals surface area contributed by atoms with Crippen LogP contribution >= 0.6 is 0 Å². The van der Waals surface area contributed by atoms with Gasteiger partial charge in [-0.3, -0.25) is 43.2 Å². The summed E-state index contributed by atoms with van der Waals surface area (Å²) in [6.45, 7) is -8.88. The van der Waals surface area contributed by atoms with Gasteiger partial charge in [0, 0.05) is 95.8 Å². The molecular weight excluding hydrogens is 1660 g/mol. The Morgan fingerprint density at radius 2 is 0.697 bits per heavy atom. The second-order valence-corrected chi connectivity index (χ2v) is 30.0. The molecule has 0 aliphatic carbocycles. The summed E-state index contributed by atoms with van der Waals surface area (Å²) in [5, 5.41) is 241. The molecule has 7 aliphatic rings. The van der Waals surface area contributed by atoms with Crippen molar-refractivity contribution >= 4 is 58.9 Å². The lowest BCUT2D eigenvalue weighted by Gasteiger charge is -2.46. The van der Waals surface area contributed by atoms with Gasteiger partial charge in [-0.1, -0.05) is 0 Å². The summed E-state index contributed by atoms with van der Waals surface area (Å²) in [5.41, 5.74) is 0. The number of carbonyl (C=O) groups is 10. The Hall–Kier alpha value is -6.06. The maximum Gasteiger partial charge on any atom is 0.333 e. The second-order valence-electron chi connectivity index (χ2n) is 30.0. The van der Waals surface area contributed by atoms with Crippen LogP contribution in [0.2, 0.25) is 0 Å². The Morgan fingerprint density at radius 1 is 0.361 bits per heavy atom. The Morgan fingerprint density at radius 3 is 1.10 bits per heavy atom. The molecule has 0 radical (unpaired) electrons. The average molecular weight is 1770 g/mol. The van der Waals surface area contributed by atoms with Crippen LogP contribution in [0.5, 0.6) is 0 Å². The van der Waals surface area contributed by atoms with E-state index < -0.39 is 391 Å². The summed E-state index contributed by atoms with van der Waals surface area (Å²) < 4.78 is 66.2. The van der Waals surface area contributed by atoms with Crippen molar-refractivity contribution in [2.45, 2.75) is 280 Å². The predicted octanol–water partition coefficient (Wildman–Crippen LogP) is -16.5. The molecule has 7 rings (SSSR count). The molecule has 7 aliphatic heterocycles. The lowest BCUT2D eigenvalue weighted by molar-refractivity contribution is -0.366. The molecule has 7 heterocycles. The van der Waals surface area contributed by atoms with Gasteiger partial charge in [-0.15, -0.1) is 5.06 Å². The van der Waals surface area contributed by atoms with Gasteiger partial charge in [-0.05, 0) is 32.1 Å². The topological polar surface area (TPSA) is 799 Å². The van der Waals surface area contributed by atoms with E-state index >= 15 is 4.79 Å². The van der Waals surface area contributed by atoms with Crippen LogP contribution in [0.15, 0.2) is 0 Å². The number of Topliss-reactive ketones (excluding diaryl/α,β-unsaturated/α-hetero) is 2. The molecule has 0 spiro atoms. The zero-order valence-corrected chi connectivity index (χ0v) is 66.0. The summed E-state index contributed by atoms with van der Waals surface area (Å²) in [6.07, 6.45) is -60.4. The number of aliphatic hydroxyl groups excluding tert-OH is 22. The van der Waals surface area contributed by atoms with Gasteiger partial charge in [0.15, 0.2) is 43.5 Å². The standard InChI is InChI=1S/C71H116N6O45/c78-23-34-46(91)52(97)57(102)66(115-34)110-17-13-72-40(85)8-5-29(21-31(83)3-1-2-4-45(90)122-77-43(88)11-12-44(77)89)65(109)76-32(7-10-42(87)74-15-19-112-68-59(104)54(99)48(93)36(25-80)117-68)33(84)22-30(6-9-41(86)73-14-18-111-67-58(103)53(98)47(92)35(24-79)116-67)64(108)75-16-20-113-70-62(107)63(121-71-61(106)56(101)50(95)38(27-82)119-71)51(96)39(120-70)28-114-69-60(105)55(100)49(94)37(26-81)118-69/h29-30,32,34-39,46-63,66-71,78-82,91-107H,1-28H2,(H,72,85)(H,73,86)(H,74,87)(H,75,108)(H,76,109)/t29-,30-,32+,34-,35-,36-,37-,38-,39-,46-,47-,48-,49-,50-,51-,52+,53+,54+,55+,56+,57+,58+,59+,60+,61+,62+,63+,66+,67+,68+,69+,70+,71-/m1/s1. The zero-order valence-electron chi connectivity index (χ0n) is 66.0. The Bertz CT molecular complexity index is 3280. The fraction of sp³-hybridized carbons (Fsp3) is 0.859. The first-order valence-electron chi connectivity index (χ1n) is 39.8. The predicted molar refractivity (Wildman–Crippen MR) is 388 cm³/mol. The van der Waals surface area contributed by atoms with Crippen LogP contribution in [-0.2, 0) is 110 Å². The highest BCUT2D eigenvalue weighted by Gasteiger charge is 2.54. The minimum atomic E-state index is -2.16. The summed E-state index contributed by atoms with van der Waals surface area (Å²) in [7, 11) is 0. The van der Waals surface area contributed by atoms with Gasteiger partial charge in [0.25, 0.3) is 11.8 Å². The van der Waals surface area contributed by atoms with Crippen LogP contribution in [-0.4, -0.2) is 459 Å². The number of ketones is 2. The van der Waals surface area contributed by atoms with Gasteiger partial charge in [0.2, 0.25) is 29.5 Å². The van der Waals surface area contributed by atoms with Crippen molar-refractivity contribution in [3.8, 4) is 0 Å². The maximum atomic E-state index is 15.1. The number of nitrogens with one attached hydrogen (secondary N) is 5. The molecule has 0 aromatic rings. The van der Waals surface area contributed by atoms with Crippen molar-refractivity contribution in [2.75, 3.05) is 92.2 Å². The molecule has 7 saturated heterocycles. The first-order chi connectivity index (χ1) is 58.0. The lowest BCUT2D eigenvalue weighted by Crippen LogP contribution is -2.65. The lowest BCUT2D eigenvalue weighted by atomic mass is 9.90. The van der Waals surface area contributed by atoms with Crippen molar-refractivity contribution in [3.63, 3.8) is 0 Å². The summed E-state index contributed by atoms with van der Waals surface area (Å²) in [4.78, 5) is 141. The molecule has 27 N–H and O–H groups in total. The van der Waals surface area contributed by atoms with E-state index in [1.165, 1.54) is 0 Å². The van der Waals surface area contributed by atoms with Gasteiger partial charge in [0.1, 0.15) is 152 Å². The summed E-state index contributed by atoms with van der Waals surface area (Å²) >= 11 is 0. The number of rotatable bonds is 49. The summed E-state index contributed by atoms with van der Waals surface area (Å²) in [6, 6.07) is -1.84. The van der Waals surface area contributed by atoms with Crippen LogP contribution in [0.3, 0.4) is 0 Å². The van der Waals surface area contributed by atoms with Crippen molar-refractivity contribution in [1.82, 2.24) is 31.6 Å². The number of carbonyl (C=O) groups excluding carboxylic acids is 10. The van der Waals surface area contributed by atoms with Crippen LogP contribution < -0.4 is 26.6 Å². The first-order valence-corrected chi connectivity index (χ1v) is 39.8. The Balaban J connectivity index is 1.12. The third kappa shape index (κ3) is 29.0. The van der Waals surface area contributed by atoms with Gasteiger partial charge in [-0.2, -0.15) is 0 Å². The van der Waals surface area contributed by atoms with Crippen LogP contribution in [0.4, 0.5) is 0 Å². The first kappa shape index (κ1) is 103. The smallest absolute Gasteiger partial charge is 0.333 e. The number of ether oxygens (including phenoxy) is 12. The minimum Gasteiger partial charge on any atom is -0.394 e. The highest BCUT2D eigenvalue weighted by molar-refractivity contribution is 6.01. The minimum absolute atomic E-state index is 0.0517. The van der Waals surface area contributed by atoms with E-state index in [0.717, 1.165) is 0 Å². The van der Waals surface area contributed by atoms with Gasteiger partial charge in [0.05, 0.1) is 72.1 Å². The van der Waals surface area contributed by atoms with Gasteiger partial charge in [-0.25, -0.2) is 4.79 Å². The molecule has 51 nitrogen and oxygen atoms in total. The highest BCUT2D eigenvalue weighted by atomic mass is 16.8. The molecule has 700 valence electrons. The van der Waals surface area contributed by atoms with E-state index in [9.17, 15) is 155 Å². The third-order valence-corrected chi connectivity index (χ3v) is 21.2. The molecule has 33 atom stereocenters.